The van der Waals surface area contributed by atoms with Gasteiger partial charge in [-0.1, -0.05) is 0 Å². The van der Waals surface area contributed by atoms with Crippen LogP contribution in [0.4, 0.5) is 4.79 Å². The van der Waals surface area contributed by atoms with E-state index in [2.05, 4.69) is 9.26 Å². The van der Waals surface area contributed by atoms with Crippen molar-refractivity contribution in [2.24, 2.45) is 0 Å². The fraction of sp³-hybridized carbons (Fsp3) is 0.800. The number of hydrogen-bond donors (Lipinski definition) is 2. The van der Waals surface area contributed by atoms with E-state index >= 15 is 0 Å². The first-order valence-electron chi connectivity index (χ1n) is 3.50. The molecule has 1 aliphatic rings. The Morgan fingerprint density at radius 3 is 2.77 bits per heavy atom. The van der Waals surface area contributed by atoms with Gasteiger partial charge in [0.15, 0.2) is 0 Å². The van der Waals surface area contributed by atoms with Gasteiger partial charge < -0.3 is 19.4 Å². The highest BCUT2D eigenvalue weighted by atomic mass is 31.2. The zero-order valence-electron chi connectivity index (χ0n) is 6.91. The van der Waals surface area contributed by atoms with Crippen LogP contribution in [0.25, 0.3) is 0 Å². The molecule has 13 heavy (non-hydrogen) atoms. The molecule has 0 radical (unpaired) electrons. The standard InChI is InChI=1S/C5H10NO6P/c1-6-2-4(12-5(6)7)3-11-13(8,9)10/h4H,2-3H2,1H3,(H2,8,9,10). The Kier molecular flexibility index (Phi) is 2.92. The number of phosphoric ester groups is 1. The Bertz CT molecular complexity index is 249. The zero-order chi connectivity index (χ0) is 10.1. The van der Waals surface area contributed by atoms with Crippen LogP contribution in [-0.2, 0) is 13.8 Å². The number of hydrogen-bond acceptors (Lipinski definition) is 4. The van der Waals surface area contributed by atoms with E-state index in [0.29, 0.717) is 0 Å². The lowest BCUT2D eigenvalue weighted by atomic mass is 10.4. The molecule has 0 aromatic rings. The number of amides is 1. The van der Waals surface area contributed by atoms with E-state index in [0.717, 1.165) is 0 Å². The predicted octanol–water partition coefficient (Wildman–Crippen LogP) is -0.454. The fourth-order valence-corrected chi connectivity index (χ4v) is 1.28. The van der Waals surface area contributed by atoms with Gasteiger partial charge in [-0.15, -0.1) is 0 Å². The summed E-state index contributed by atoms with van der Waals surface area (Å²) in [5, 5.41) is 0. The number of carbonyl (C=O) groups excluding carboxylic acids is 1. The summed E-state index contributed by atoms with van der Waals surface area (Å²) in [6.45, 7) is -0.0147. The van der Waals surface area contributed by atoms with E-state index in [9.17, 15) is 9.36 Å². The van der Waals surface area contributed by atoms with E-state index in [-0.39, 0.29) is 13.2 Å². The van der Waals surface area contributed by atoms with Crippen LogP contribution < -0.4 is 0 Å². The third-order valence-corrected chi connectivity index (χ3v) is 1.97. The molecule has 1 heterocycles. The van der Waals surface area contributed by atoms with E-state index in [1.54, 1.807) is 0 Å². The molecule has 2 N–H and O–H groups in total. The Hall–Kier alpha value is -0.620. The first kappa shape index (κ1) is 10.5. The summed E-state index contributed by atoms with van der Waals surface area (Å²) in [5.41, 5.74) is 0. The third kappa shape index (κ3) is 3.31. The highest BCUT2D eigenvalue weighted by Crippen LogP contribution is 2.36. The molecule has 1 atom stereocenters. The largest absolute Gasteiger partial charge is 0.469 e. The summed E-state index contributed by atoms with van der Waals surface area (Å²) in [6, 6.07) is 0. The summed E-state index contributed by atoms with van der Waals surface area (Å²) in [7, 11) is -2.94. The van der Waals surface area contributed by atoms with Crippen LogP contribution in [0.3, 0.4) is 0 Å². The Morgan fingerprint density at radius 1 is 1.77 bits per heavy atom. The first-order chi connectivity index (χ1) is 5.88. The SMILES string of the molecule is CN1CC(COP(=O)(O)O)OC1=O. The van der Waals surface area contributed by atoms with Crippen molar-refractivity contribution >= 4 is 13.9 Å². The van der Waals surface area contributed by atoms with Crippen molar-refractivity contribution in [3.63, 3.8) is 0 Å². The van der Waals surface area contributed by atoms with Crippen LogP contribution in [0.1, 0.15) is 0 Å². The van der Waals surface area contributed by atoms with Crippen molar-refractivity contribution < 1.29 is 28.4 Å². The van der Waals surface area contributed by atoms with Crippen molar-refractivity contribution in [2.75, 3.05) is 20.2 Å². The zero-order valence-corrected chi connectivity index (χ0v) is 7.81. The van der Waals surface area contributed by atoms with Gasteiger partial charge in [0, 0.05) is 7.05 Å². The molecule has 8 heteroatoms. The third-order valence-electron chi connectivity index (χ3n) is 1.49. The number of carbonyl (C=O) groups is 1. The van der Waals surface area contributed by atoms with Gasteiger partial charge in [0.2, 0.25) is 0 Å². The smallest absolute Gasteiger partial charge is 0.442 e. The van der Waals surface area contributed by atoms with Crippen LogP contribution >= 0.6 is 7.82 Å². The highest BCUT2D eigenvalue weighted by molar-refractivity contribution is 7.46. The summed E-state index contributed by atoms with van der Waals surface area (Å²) < 4.78 is 19.1. The molecule has 1 amide bonds. The highest BCUT2D eigenvalue weighted by Gasteiger charge is 2.30. The monoisotopic (exact) mass is 211 g/mol. The lowest BCUT2D eigenvalue weighted by molar-refractivity contribution is 0.0873. The molecule has 76 valence electrons. The molecule has 7 nitrogen and oxygen atoms in total. The average molecular weight is 211 g/mol. The van der Waals surface area contributed by atoms with Crippen molar-refractivity contribution in [2.45, 2.75) is 6.10 Å². The second kappa shape index (κ2) is 3.63. The van der Waals surface area contributed by atoms with Crippen molar-refractivity contribution in [3.05, 3.63) is 0 Å². The van der Waals surface area contributed by atoms with Gasteiger partial charge in [-0.25, -0.2) is 9.36 Å². The van der Waals surface area contributed by atoms with Crippen LogP contribution in [0.5, 0.6) is 0 Å². The average Bonchev–Trinajstić information content (AvgIpc) is 2.27. The molecule has 0 saturated carbocycles. The number of rotatable bonds is 3. The minimum Gasteiger partial charge on any atom is -0.442 e. The molecule has 1 fully saturated rings. The second-order valence-electron chi connectivity index (χ2n) is 2.67. The van der Waals surface area contributed by atoms with Gasteiger partial charge >= 0.3 is 13.9 Å². The van der Waals surface area contributed by atoms with Crippen molar-refractivity contribution in [1.82, 2.24) is 4.90 Å². The summed E-state index contributed by atoms with van der Waals surface area (Å²) in [4.78, 5) is 28.8. The van der Waals surface area contributed by atoms with Gasteiger partial charge in [-0.2, -0.15) is 0 Å². The molecule has 0 bridgehead atoms. The lowest BCUT2D eigenvalue weighted by Crippen LogP contribution is -2.21. The number of nitrogens with zero attached hydrogens (tertiary/aromatic N) is 1. The van der Waals surface area contributed by atoms with Crippen molar-refractivity contribution in [3.8, 4) is 0 Å². The van der Waals surface area contributed by atoms with E-state index < -0.39 is 20.0 Å². The topological polar surface area (TPSA) is 96.3 Å². The summed E-state index contributed by atoms with van der Waals surface area (Å²) in [6.07, 6.45) is -1.12. The first-order valence-corrected chi connectivity index (χ1v) is 5.03. The molecule has 0 aliphatic carbocycles. The number of ether oxygens (including phenoxy) is 1. The number of likely N-dealkylation sites (N-methyl/N-ethyl adjacent to an activating group) is 1. The molecule has 0 aromatic heterocycles. The van der Waals surface area contributed by atoms with E-state index in [1.165, 1.54) is 11.9 Å². The summed E-state index contributed by atoms with van der Waals surface area (Å²) in [5.74, 6) is 0. The van der Waals surface area contributed by atoms with Gasteiger partial charge in [-0.3, -0.25) is 4.52 Å². The molecule has 1 aliphatic heterocycles. The van der Waals surface area contributed by atoms with Gasteiger partial charge in [0.25, 0.3) is 0 Å². The quantitative estimate of drug-likeness (QED) is 0.613. The Balaban J connectivity index is 2.33. The normalized spacial score (nSPS) is 23.5. The minimum atomic E-state index is -4.47. The Morgan fingerprint density at radius 2 is 2.38 bits per heavy atom. The Labute approximate surface area is 74.5 Å². The molecule has 1 unspecified atom stereocenters. The van der Waals surface area contributed by atoms with Crippen LogP contribution in [-0.4, -0.2) is 47.1 Å². The maximum Gasteiger partial charge on any atom is 0.469 e. The molecular formula is C5H10NO6P. The van der Waals surface area contributed by atoms with Crippen LogP contribution in [0.2, 0.25) is 0 Å². The molecule has 1 rings (SSSR count). The van der Waals surface area contributed by atoms with Crippen LogP contribution in [0.15, 0.2) is 0 Å². The van der Waals surface area contributed by atoms with Crippen molar-refractivity contribution in [1.29, 1.82) is 0 Å². The number of cyclic esters (lactones) is 1. The van der Waals surface area contributed by atoms with Crippen LogP contribution in [0, 0.1) is 0 Å². The minimum absolute atomic E-state index is 0.277. The molecule has 1 saturated heterocycles. The predicted molar refractivity (Wildman–Crippen MR) is 40.9 cm³/mol. The van der Waals surface area contributed by atoms with E-state index in [1.807, 2.05) is 0 Å². The maximum absolute atomic E-state index is 10.8. The number of phosphoric acid groups is 1. The summed E-state index contributed by atoms with van der Waals surface area (Å²) >= 11 is 0. The molecular weight excluding hydrogens is 201 g/mol. The van der Waals surface area contributed by atoms with Gasteiger partial charge in [0.1, 0.15) is 6.10 Å². The van der Waals surface area contributed by atoms with Gasteiger partial charge in [0.05, 0.1) is 13.2 Å². The molecule has 0 spiro atoms. The van der Waals surface area contributed by atoms with E-state index in [4.69, 9.17) is 9.79 Å². The lowest BCUT2D eigenvalue weighted by Gasteiger charge is -2.08. The molecule has 0 aromatic carbocycles. The maximum atomic E-state index is 10.8. The fourth-order valence-electron chi connectivity index (χ4n) is 0.917. The second-order valence-corrected chi connectivity index (χ2v) is 3.91. The van der Waals surface area contributed by atoms with Gasteiger partial charge in [-0.05, 0) is 0 Å².